The summed E-state index contributed by atoms with van der Waals surface area (Å²) in [5.41, 5.74) is 1.43. The number of alkyl halides is 2. The summed E-state index contributed by atoms with van der Waals surface area (Å²) in [6.07, 6.45) is 3.17. The van der Waals surface area contributed by atoms with Crippen LogP contribution in [0.15, 0.2) is 36.7 Å². The summed E-state index contributed by atoms with van der Waals surface area (Å²) in [7, 11) is 0. The minimum Gasteiger partial charge on any atom is -0.433 e. The van der Waals surface area contributed by atoms with Gasteiger partial charge in [-0.3, -0.25) is 4.98 Å². The summed E-state index contributed by atoms with van der Waals surface area (Å²) < 4.78 is 41.0. The van der Waals surface area contributed by atoms with Gasteiger partial charge in [-0.2, -0.15) is 8.78 Å². The van der Waals surface area contributed by atoms with Crippen LogP contribution in [0.25, 0.3) is 0 Å². The first-order valence-corrected chi connectivity index (χ1v) is 5.18. The van der Waals surface area contributed by atoms with E-state index < -0.39 is 6.61 Å². The Bertz CT molecular complexity index is 514. The highest BCUT2D eigenvalue weighted by Crippen LogP contribution is 2.16. The minimum absolute atomic E-state index is 0.00427. The van der Waals surface area contributed by atoms with E-state index in [9.17, 15) is 13.2 Å². The predicted molar refractivity (Wildman–Crippen MR) is 58.9 cm³/mol. The number of hydrogen-bond acceptors (Lipinski definition) is 2. The van der Waals surface area contributed by atoms with Gasteiger partial charge in [0.1, 0.15) is 11.6 Å². The summed E-state index contributed by atoms with van der Waals surface area (Å²) in [5, 5.41) is 0. The molecule has 18 heavy (non-hydrogen) atoms. The first-order valence-electron chi connectivity index (χ1n) is 5.18. The SMILES string of the molecule is Fc1c[c]c(Cc2cncc(OC(F)F)c2)cc1. The van der Waals surface area contributed by atoms with Crippen LogP contribution in [0.4, 0.5) is 13.2 Å². The molecule has 0 aliphatic heterocycles. The van der Waals surface area contributed by atoms with Gasteiger partial charge in [0.05, 0.1) is 6.20 Å². The molecule has 0 atom stereocenters. The molecule has 0 saturated heterocycles. The highest BCUT2D eigenvalue weighted by atomic mass is 19.3. The lowest BCUT2D eigenvalue weighted by molar-refractivity contribution is -0.0501. The number of aromatic nitrogens is 1. The molecule has 2 aromatic rings. The van der Waals surface area contributed by atoms with E-state index in [-0.39, 0.29) is 11.6 Å². The number of hydrogen-bond donors (Lipinski definition) is 0. The van der Waals surface area contributed by atoms with Gasteiger partial charge in [-0.1, -0.05) is 6.07 Å². The lowest BCUT2D eigenvalue weighted by atomic mass is 10.1. The van der Waals surface area contributed by atoms with Gasteiger partial charge in [0, 0.05) is 6.20 Å². The molecule has 2 nitrogen and oxygen atoms in total. The van der Waals surface area contributed by atoms with Gasteiger partial charge in [0.15, 0.2) is 0 Å². The Kier molecular flexibility index (Phi) is 3.82. The third-order valence-corrected chi connectivity index (χ3v) is 2.23. The molecule has 0 saturated carbocycles. The number of nitrogens with zero attached hydrogens (tertiary/aromatic N) is 1. The van der Waals surface area contributed by atoms with Crippen molar-refractivity contribution in [2.45, 2.75) is 13.0 Å². The monoisotopic (exact) mass is 252 g/mol. The van der Waals surface area contributed by atoms with E-state index in [2.05, 4.69) is 15.8 Å². The van der Waals surface area contributed by atoms with Crippen molar-refractivity contribution in [1.29, 1.82) is 0 Å². The van der Waals surface area contributed by atoms with E-state index in [1.807, 2.05) is 0 Å². The highest BCUT2D eigenvalue weighted by molar-refractivity contribution is 5.29. The standard InChI is InChI=1S/C13H9F3NO/c14-11-3-1-9(2-4-11)5-10-6-12(8-17-7-10)18-13(15)16/h1,3-4,6-8,13H,5H2. The quantitative estimate of drug-likeness (QED) is 0.833. The molecular formula is C13H9F3NO. The molecule has 0 fully saturated rings. The molecule has 5 heteroatoms. The second kappa shape index (κ2) is 5.53. The molecule has 1 aromatic heterocycles. The third kappa shape index (κ3) is 3.48. The zero-order chi connectivity index (χ0) is 13.0. The second-order valence-electron chi connectivity index (χ2n) is 3.62. The molecule has 0 amide bonds. The number of pyridine rings is 1. The van der Waals surface area contributed by atoms with Crippen LogP contribution in [0.3, 0.4) is 0 Å². The van der Waals surface area contributed by atoms with E-state index in [1.54, 1.807) is 6.07 Å². The molecule has 0 unspecified atom stereocenters. The van der Waals surface area contributed by atoms with Crippen LogP contribution in [-0.2, 0) is 6.42 Å². The molecule has 0 aliphatic carbocycles. The summed E-state index contributed by atoms with van der Waals surface area (Å²) in [6.45, 7) is -2.88. The zero-order valence-corrected chi connectivity index (χ0v) is 9.24. The summed E-state index contributed by atoms with van der Waals surface area (Å²) in [5.74, 6) is -0.365. The predicted octanol–water partition coefficient (Wildman–Crippen LogP) is 3.21. The lowest BCUT2D eigenvalue weighted by Crippen LogP contribution is -2.02. The van der Waals surface area contributed by atoms with Crippen LogP contribution in [-0.4, -0.2) is 11.6 Å². The smallest absolute Gasteiger partial charge is 0.387 e. The first kappa shape index (κ1) is 12.4. The summed E-state index contributed by atoms with van der Waals surface area (Å²) in [4.78, 5) is 3.81. The number of ether oxygens (including phenoxy) is 1. The van der Waals surface area contributed by atoms with Crippen molar-refractivity contribution in [3.63, 3.8) is 0 Å². The fraction of sp³-hybridized carbons (Fsp3) is 0.154. The Balaban J connectivity index is 2.11. The maximum absolute atomic E-state index is 12.7. The van der Waals surface area contributed by atoms with Crippen molar-refractivity contribution in [2.24, 2.45) is 0 Å². The van der Waals surface area contributed by atoms with Crippen molar-refractivity contribution in [1.82, 2.24) is 4.98 Å². The van der Waals surface area contributed by atoms with Gasteiger partial charge in [-0.05, 0) is 41.8 Å². The molecular weight excluding hydrogens is 243 g/mol. The van der Waals surface area contributed by atoms with Gasteiger partial charge in [-0.25, -0.2) is 4.39 Å². The largest absolute Gasteiger partial charge is 0.433 e. The molecule has 2 rings (SSSR count). The van der Waals surface area contributed by atoms with Crippen LogP contribution in [0.2, 0.25) is 0 Å². The van der Waals surface area contributed by atoms with Gasteiger partial charge < -0.3 is 4.74 Å². The van der Waals surface area contributed by atoms with Gasteiger partial charge in [-0.15, -0.1) is 0 Å². The fourth-order valence-corrected chi connectivity index (χ4v) is 1.50. The van der Waals surface area contributed by atoms with Crippen molar-refractivity contribution in [3.8, 4) is 5.75 Å². The van der Waals surface area contributed by atoms with Crippen LogP contribution >= 0.6 is 0 Å². The second-order valence-corrected chi connectivity index (χ2v) is 3.62. The van der Waals surface area contributed by atoms with E-state index in [0.29, 0.717) is 12.0 Å². The number of rotatable bonds is 4. The Labute approximate surface area is 102 Å². The van der Waals surface area contributed by atoms with Gasteiger partial charge in [0.25, 0.3) is 0 Å². The Morgan fingerprint density at radius 2 is 2.11 bits per heavy atom. The number of halogens is 3. The minimum atomic E-state index is -2.88. The molecule has 1 aromatic carbocycles. The maximum atomic E-state index is 12.7. The van der Waals surface area contributed by atoms with Crippen molar-refractivity contribution >= 4 is 0 Å². The van der Waals surface area contributed by atoms with E-state index >= 15 is 0 Å². The third-order valence-electron chi connectivity index (χ3n) is 2.23. The highest BCUT2D eigenvalue weighted by Gasteiger charge is 2.06. The molecule has 0 N–H and O–H groups in total. The van der Waals surface area contributed by atoms with Crippen LogP contribution in [0.5, 0.6) is 5.75 Å². The lowest BCUT2D eigenvalue weighted by Gasteiger charge is -2.06. The average molecular weight is 252 g/mol. The molecule has 1 heterocycles. The van der Waals surface area contributed by atoms with E-state index in [0.717, 1.165) is 5.56 Å². The van der Waals surface area contributed by atoms with Crippen LogP contribution in [0.1, 0.15) is 11.1 Å². The summed E-state index contributed by atoms with van der Waals surface area (Å²) >= 11 is 0. The molecule has 1 radical (unpaired) electrons. The first-order chi connectivity index (χ1) is 8.63. The number of benzene rings is 1. The molecule has 0 bridgehead atoms. The van der Waals surface area contributed by atoms with Crippen molar-refractivity contribution < 1.29 is 17.9 Å². The van der Waals surface area contributed by atoms with E-state index in [1.165, 1.54) is 30.6 Å². The molecule has 0 spiro atoms. The molecule has 0 aliphatic rings. The topological polar surface area (TPSA) is 22.1 Å². The normalized spacial score (nSPS) is 10.7. The van der Waals surface area contributed by atoms with Crippen LogP contribution < -0.4 is 4.74 Å². The zero-order valence-electron chi connectivity index (χ0n) is 9.24. The Morgan fingerprint density at radius 3 is 2.78 bits per heavy atom. The van der Waals surface area contributed by atoms with Crippen LogP contribution in [0, 0.1) is 11.9 Å². The molecule has 93 valence electrons. The van der Waals surface area contributed by atoms with Crippen molar-refractivity contribution in [3.05, 3.63) is 59.7 Å². The van der Waals surface area contributed by atoms with Crippen molar-refractivity contribution in [2.75, 3.05) is 0 Å². The van der Waals surface area contributed by atoms with Gasteiger partial charge in [0.2, 0.25) is 0 Å². The average Bonchev–Trinajstić information content (AvgIpc) is 2.32. The maximum Gasteiger partial charge on any atom is 0.387 e. The summed E-state index contributed by atoms with van der Waals surface area (Å²) in [6, 6.07) is 8.34. The van der Waals surface area contributed by atoms with E-state index in [4.69, 9.17) is 0 Å². The Hall–Kier alpha value is -2.04. The fourth-order valence-electron chi connectivity index (χ4n) is 1.50. The Morgan fingerprint density at radius 1 is 1.28 bits per heavy atom. The van der Waals surface area contributed by atoms with Gasteiger partial charge >= 0.3 is 6.61 Å².